The summed E-state index contributed by atoms with van der Waals surface area (Å²) in [5.41, 5.74) is 3.10. The van der Waals surface area contributed by atoms with Crippen LogP contribution in [-0.2, 0) is 4.79 Å². The Morgan fingerprint density at radius 1 is 0.933 bits per heavy atom. The van der Waals surface area contributed by atoms with Gasteiger partial charge in [-0.05, 0) is 55.8 Å². The third-order valence-electron chi connectivity index (χ3n) is 6.47. The number of carbonyl (C=O) groups is 2. The topological polar surface area (TPSA) is 52.7 Å². The predicted molar refractivity (Wildman–Crippen MR) is 118 cm³/mol. The average Bonchev–Trinajstić information content (AvgIpc) is 3.23. The molecule has 0 spiro atoms. The van der Waals surface area contributed by atoms with Gasteiger partial charge in [-0.1, -0.05) is 48.5 Å². The van der Waals surface area contributed by atoms with Gasteiger partial charge < -0.3 is 10.2 Å². The van der Waals surface area contributed by atoms with Gasteiger partial charge in [0.05, 0.1) is 6.54 Å². The van der Waals surface area contributed by atoms with E-state index in [1.165, 1.54) is 5.56 Å². The fourth-order valence-corrected chi connectivity index (χ4v) is 4.63. The number of rotatable bonds is 5. The molecule has 0 bridgehead atoms. The first-order valence-electron chi connectivity index (χ1n) is 11.0. The van der Waals surface area contributed by atoms with E-state index in [4.69, 9.17) is 0 Å². The lowest BCUT2D eigenvalue weighted by atomic mass is 9.99. The molecule has 1 unspecified atom stereocenters. The summed E-state index contributed by atoms with van der Waals surface area (Å²) in [6.07, 6.45) is 2.75. The summed E-state index contributed by atoms with van der Waals surface area (Å²) in [6.45, 7) is 5.83. The molecule has 0 aromatic heterocycles. The molecule has 2 aromatic carbocycles. The number of piperidine rings is 1. The summed E-state index contributed by atoms with van der Waals surface area (Å²) < 4.78 is 0. The van der Waals surface area contributed by atoms with Gasteiger partial charge in [0.25, 0.3) is 5.91 Å². The Hall–Kier alpha value is -2.66. The zero-order chi connectivity index (χ0) is 20.9. The first-order valence-corrected chi connectivity index (χ1v) is 11.0. The summed E-state index contributed by atoms with van der Waals surface area (Å²) in [6, 6.07) is 18.4. The van der Waals surface area contributed by atoms with Gasteiger partial charge in [0, 0.05) is 31.2 Å². The standard InChI is InChI=1S/C25H31N3O2/c1-19-7-5-6-10-23(19)25(30)26-22-12-15-28(16-13-22)24(29)18-27-14-11-21(17-27)20-8-3-2-4-9-20/h2-10,21-22H,11-18H2,1H3,(H,26,30). The van der Waals surface area contributed by atoms with Crippen molar-refractivity contribution < 1.29 is 9.59 Å². The van der Waals surface area contributed by atoms with Gasteiger partial charge in [0.1, 0.15) is 0 Å². The maximum atomic E-state index is 12.8. The molecule has 1 atom stereocenters. The number of nitrogens with one attached hydrogen (secondary N) is 1. The summed E-state index contributed by atoms with van der Waals surface area (Å²) in [5.74, 6) is 0.732. The molecule has 1 N–H and O–H groups in total. The minimum atomic E-state index is -0.0121. The molecule has 2 amide bonds. The molecule has 2 saturated heterocycles. The Morgan fingerprint density at radius 2 is 1.63 bits per heavy atom. The van der Waals surface area contributed by atoms with Crippen molar-refractivity contribution in [2.24, 2.45) is 0 Å². The van der Waals surface area contributed by atoms with Crippen molar-refractivity contribution in [3.8, 4) is 0 Å². The van der Waals surface area contributed by atoms with Gasteiger partial charge in [0.15, 0.2) is 0 Å². The number of amides is 2. The van der Waals surface area contributed by atoms with Crippen molar-refractivity contribution in [3.63, 3.8) is 0 Å². The first kappa shape index (κ1) is 20.6. The normalized spacial score (nSPS) is 20.3. The van der Waals surface area contributed by atoms with E-state index in [0.717, 1.165) is 43.5 Å². The van der Waals surface area contributed by atoms with Crippen molar-refractivity contribution in [2.45, 2.75) is 38.1 Å². The van der Waals surface area contributed by atoms with Crippen LogP contribution in [0.15, 0.2) is 54.6 Å². The van der Waals surface area contributed by atoms with Crippen LogP contribution < -0.4 is 5.32 Å². The van der Waals surface area contributed by atoms with Crippen LogP contribution in [0.2, 0.25) is 0 Å². The van der Waals surface area contributed by atoms with Gasteiger partial charge in [-0.15, -0.1) is 0 Å². The highest BCUT2D eigenvalue weighted by atomic mass is 16.2. The molecule has 158 valence electrons. The maximum Gasteiger partial charge on any atom is 0.251 e. The van der Waals surface area contributed by atoms with Crippen LogP contribution in [0.4, 0.5) is 0 Å². The molecule has 4 rings (SSSR count). The first-order chi connectivity index (χ1) is 14.6. The Labute approximate surface area is 179 Å². The van der Waals surface area contributed by atoms with Gasteiger partial charge in [-0.3, -0.25) is 14.5 Å². The summed E-state index contributed by atoms with van der Waals surface area (Å²) in [5, 5.41) is 3.15. The van der Waals surface area contributed by atoms with Gasteiger partial charge in [-0.2, -0.15) is 0 Å². The van der Waals surface area contributed by atoms with Crippen molar-refractivity contribution in [3.05, 3.63) is 71.3 Å². The number of carbonyl (C=O) groups excluding carboxylic acids is 2. The van der Waals surface area contributed by atoms with Crippen molar-refractivity contribution >= 4 is 11.8 Å². The molecule has 5 heteroatoms. The third kappa shape index (κ3) is 4.90. The van der Waals surface area contributed by atoms with E-state index in [2.05, 4.69) is 34.5 Å². The zero-order valence-corrected chi connectivity index (χ0v) is 17.7. The lowest BCUT2D eigenvalue weighted by Crippen LogP contribution is -2.48. The van der Waals surface area contributed by atoms with Crippen molar-refractivity contribution in [2.75, 3.05) is 32.7 Å². The molecule has 2 aliphatic rings. The molecule has 2 fully saturated rings. The highest BCUT2D eigenvalue weighted by molar-refractivity contribution is 5.95. The van der Waals surface area contributed by atoms with Crippen LogP contribution in [0.5, 0.6) is 0 Å². The Kier molecular flexibility index (Phi) is 6.48. The number of likely N-dealkylation sites (tertiary alicyclic amines) is 2. The smallest absolute Gasteiger partial charge is 0.251 e. The molecular formula is C25H31N3O2. The van der Waals surface area contributed by atoms with Crippen LogP contribution >= 0.6 is 0 Å². The Morgan fingerprint density at radius 3 is 2.37 bits per heavy atom. The van der Waals surface area contributed by atoms with E-state index in [1.54, 1.807) is 0 Å². The second-order valence-corrected chi connectivity index (χ2v) is 8.57. The molecule has 2 heterocycles. The minimum Gasteiger partial charge on any atom is -0.349 e. The van der Waals surface area contributed by atoms with E-state index in [9.17, 15) is 9.59 Å². The van der Waals surface area contributed by atoms with Crippen LogP contribution in [0.25, 0.3) is 0 Å². The van der Waals surface area contributed by atoms with Crippen molar-refractivity contribution in [1.29, 1.82) is 0 Å². The minimum absolute atomic E-state index is 0.0121. The SMILES string of the molecule is Cc1ccccc1C(=O)NC1CCN(C(=O)CN2CCC(c3ccccc3)C2)CC1. The van der Waals surface area contributed by atoms with Crippen LogP contribution in [-0.4, -0.2) is 60.4 Å². The Bertz CT molecular complexity index is 875. The summed E-state index contributed by atoms with van der Waals surface area (Å²) >= 11 is 0. The quantitative estimate of drug-likeness (QED) is 0.831. The van der Waals surface area contributed by atoms with Crippen LogP contribution in [0, 0.1) is 6.92 Å². The number of hydrogen-bond donors (Lipinski definition) is 1. The van der Waals surface area contributed by atoms with Crippen LogP contribution in [0.1, 0.15) is 46.7 Å². The van der Waals surface area contributed by atoms with Gasteiger partial charge in [-0.25, -0.2) is 0 Å². The van der Waals surface area contributed by atoms with E-state index >= 15 is 0 Å². The van der Waals surface area contributed by atoms with E-state index < -0.39 is 0 Å². The van der Waals surface area contributed by atoms with E-state index in [1.807, 2.05) is 42.2 Å². The third-order valence-corrected chi connectivity index (χ3v) is 6.47. The lowest BCUT2D eigenvalue weighted by Gasteiger charge is -2.33. The second kappa shape index (κ2) is 9.43. The zero-order valence-electron chi connectivity index (χ0n) is 17.7. The van der Waals surface area contributed by atoms with Crippen molar-refractivity contribution in [1.82, 2.24) is 15.1 Å². The molecule has 0 radical (unpaired) electrons. The van der Waals surface area contributed by atoms with Gasteiger partial charge in [0.2, 0.25) is 5.91 Å². The molecular weight excluding hydrogens is 374 g/mol. The molecule has 0 saturated carbocycles. The molecule has 2 aromatic rings. The number of hydrogen-bond acceptors (Lipinski definition) is 3. The highest BCUT2D eigenvalue weighted by Gasteiger charge is 2.29. The Balaban J connectivity index is 1.22. The molecule has 0 aliphatic carbocycles. The van der Waals surface area contributed by atoms with E-state index in [-0.39, 0.29) is 17.9 Å². The van der Waals surface area contributed by atoms with Crippen LogP contribution in [0.3, 0.4) is 0 Å². The average molecular weight is 406 g/mol. The number of aryl methyl sites for hydroxylation is 1. The largest absolute Gasteiger partial charge is 0.349 e. The monoisotopic (exact) mass is 405 g/mol. The van der Waals surface area contributed by atoms with E-state index in [0.29, 0.717) is 25.6 Å². The number of nitrogens with zero attached hydrogens (tertiary/aromatic N) is 2. The fraction of sp³-hybridized carbons (Fsp3) is 0.440. The number of benzene rings is 2. The van der Waals surface area contributed by atoms with Gasteiger partial charge >= 0.3 is 0 Å². The molecule has 30 heavy (non-hydrogen) atoms. The summed E-state index contributed by atoms with van der Waals surface area (Å²) in [7, 11) is 0. The predicted octanol–water partition coefficient (Wildman–Crippen LogP) is 3.21. The molecule has 2 aliphatic heterocycles. The summed E-state index contributed by atoms with van der Waals surface area (Å²) in [4.78, 5) is 29.6. The fourth-order valence-electron chi connectivity index (χ4n) is 4.63. The second-order valence-electron chi connectivity index (χ2n) is 8.57. The highest BCUT2D eigenvalue weighted by Crippen LogP contribution is 2.27. The lowest BCUT2D eigenvalue weighted by molar-refractivity contribution is -0.133. The molecule has 5 nitrogen and oxygen atoms in total. The maximum absolute atomic E-state index is 12.8.